The quantitative estimate of drug-likeness (QED) is 0.605. The summed E-state index contributed by atoms with van der Waals surface area (Å²) in [7, 11) is 1.58. The zero-order valence-corrected chi connectivity index (χ0v) is 11.6. The van der Waals surface area contributed by atoms with Gasteiger partial charge in [-0.2, -0.15) is 0 Å². The Bertz CT molecular complexity index is 449. The molecule has 0 bridgehead atoms. The second-order valence-corrected chi connectivity index (χ2v) is 4.39. The molecule has 0 aromatic heterocycles. The third-order valence-electron chi connectivity index (χ3n) is 2.96. The van der Waals surface area contributed by atoms with E-state index in [-0.39, 0.29) is 12.7 Å². The van der Waals surface area contributed by atoms with Gasteiger partial charge in [0.05, 0.1) is 13.2 Å². The van der Waals surface area contributed by atoms with E-state index in [0.29, 0.717) is 26.3 Å². The first kappa shape index (κ1) is 14.6. The number of amides is 1. The summed E-state index contributed by atoms with van der Waals surface area (Å²) in [6.45, 7) is 2.78. The van der Waals surface area contributed by atoms with Crippen molar-refractivity contribution in [3.63, 3.8) is 0 Å². The fourth-order valence-corrected chi connectivity index (χ4v) is 1.86. The molecule has 5 nitrogen and oxygen atoms in total. The number of carbonyl (C=O) groups excluding carboxylic acids is 1. The van der Waals surface area contributed by atoms with Crippen molar-refractivity contribution in [1.82, 2.24) is 4.90 Å². The predicted molar refractivity (Wildman–Crippen MR) is 75.4 cm³/mol. The predicted octanol–water partition coefficient (Wildman–Crippen LogP) is 1.54. The third kappa shape index (κ3) is 4.36. The molecule has 5 heteroatoms. The molecule has 1 aliphatic rings. The molecule has 1 amide bonds. The van der Waals surface area contributed by atoms with Crippen LogP contribution in [0.5, 0.6) is 5.75 Å². The number of nitrogens with zero attached hydrogens (tertiary/aromatic N) is 1. The summed E-state index contributed by atoms with van der Waals surface area (Å²) >= 11 is 0. The lowest BCUT2D eigenvalue weighted by molar-refractivity contribution is -0.129. The van der Waals surface area contributed by atoms with E-state index in [1.165, 1.54) is 0 Å². The standard InChI is InChI=1S/C15H19NO4/c1-18-12-20-14-5-2-13(3-6-14)4-7-15(17)16-8-10-19-11-9-16/h2-7H,8-12H2,1H3/b7-4+. The van der Waals surface area contributed by atoms with Crippen LogP contribution < -0.4 is 4.74 Å². The zero-order chi connectivity index (χ0) is 14.2. The summed E-state index contributed by atoms with van der Waals surface area (Å²) < 4.78 is 15.3. The largest absolute Gasteiger partial charge is 0.468 e. The highest BCUT2D eigenvalue weighted by Gasteiger charge is 2.13. The fraction of sp³-hybridized carbons (Fsp3) is 0.400. The summed E-state index contributed by atoms with van der Waals surface area (Å²) in [4.78, 5) is 13.7. The highest BCUT2D eigenvalue weighted by Crippen LogP contribution is 2.13. The van der Waals surface area contributed by atoms with Crippen LogP contribution in [0.3, 0.4) is 0 Å². The van der Waals surface area contributed by atoms with Crippen molar-refractivity contribution in [1.29, 1.82) is 0 Å². The molecule has 1 aromatic carbocycles. The van der Waals surface area contributed by atoms with Gasteiger partial charge in [0.2, 0.25) is 5.91 Å². The van der Waals surface area contributed by atoms with Gasteiger partial charge in [-0.15, -0.1) is 0 Å². The molecule has 0 N–H and O–H groups in total. The maximum atomic E-state index is 11.9. The molecule has 2 rings (SSSR count). The summed E-state index contributed by atoms with van der Waals surface area (Å²) in [6.07, 6.45) is 3.40. The van der Waals surface area contributed by atoms with Gasteiger partial charge < -0.3 is 19.1 Å². The second-order valence-electron chi connectivity index (χ2n) is 4.39. The maximum absolute atomic E-state index is 11.9. The molecule has 0 aliphatic carbocycles. The van der Waals surface area contributed by atoms with E-state index in [4.69, 9.17) is 14.2 Å². The van der Waals surface area contributed by atoms with E-state index in [1.54, 1.807) is 24.2 Å². The van der Waals surface area contributed by atoms with Crippen molar-refractivity contribution in [2.75, 3.05) is 40.2 Å². The lowest BCUT2D eigenvalue weighted by Crippen LogP contribution is -2.39. The molecule has 20 heavy (non-hydrogen) atoms. The molecule has 0 saturated carbocycles. The van der Waals surface area contributed by atoms with Crippen LogP contribution in [0.1, 0.15) is 5.56 Å². The summed E-state index contributed by atoms with van der Waals surface area (Å²) in [5.74, 6) is 0.761. The number of methoxy groups -OCH3 is 1. The Labute approximate surface area is 118 Å². The number of hydrogen-bond acceptors (Lipinski definition) is 4. The first-order valence-electron chi connectivity index (χ1n) is 6.56. The van der Waals surface area contributed by atoms with Gasteiger partial charge in [0.15, 0.2) is 6.79 Å². The minimum absolute atomic E-state index is 0.0213. The van der Waals surface area contributed by atoms with Crippen molar-refractivity contribution in [2.24, 2.45) is 0 Å². The molecule has 0 atom stereocenters. The maximum Gasteiger partial charge on any atom is 0.246 e. The van der Waals surface area contributed by atoms with Crippen LogP contribution in [0.4, 0.5) is 0 Å². The van der Waals surface area contributed by atoms with Crippen LogP contribution in [0.15, 0.2) is 30.3 Å². The Balaban J connectivity index is 1.88. The van der Waals surface area contributed by atoms with Gasteiger partial charge in [0, 0.05) is 26.3 Å². The molecule has 0 spiro atoms. The molecule has 0 radical (unpaired) electrons. The van der Waals surface area contributed by atoms with Gasteiger partial charge in [0.25, 0.3) is 0 Å². The first-order valence-corrected chi connectivity index (χ1v) is 6.56. The second kappa shape index (κ2) is 7.67. The van der Waals surface area contributed by atoms with E-state index in [2.05, 4.69) is 0 Å². The molecule has 1 heterocycles. The van der Waals surface area contributed by atoms with E-state index in [9.17, 15) is 4.79 Å². The number of ether oxygens (including phenoxy) is 3. The summed E-state index contributed by atoms with van der Waals surface area (Å²) in [5, 5.41) is 0. The van der Waals surface area contributed by atoms with E-state index < -0.39 is 0 Å². The fourth-order valence-electron chi connectivity index (χ4n) is 1.86. The van der Waals surface area contributed by atoms with Crippen LogP contribution in [0.2, 0.25) is 0 Å². The van der Waals surface area contributed by atoms with Crippen LogP contribution in [-0.2, 0) is 14.3 Å². The van der Waals surface area contributed by atoms with Crippen molar-refractivity contribution >= 4 is 12.0 Å². The number of hydrogen-bond donors (Lipinski definition) is 0. The van der Waals surface area contributed by atoms with Crippen molar-refractivity contribution < 1.29 is 19.0 Å². The number of carbonyl (C=O) groups is 1. The average molecular weight is 277 g/mol. The highest BCUT2D eigenvalue weighted by atomic mass is 16.7. The molecule has 1 aromatic rings. The molecule has 1 aliphatic heterocycles. The molecular weight excluding hydrogens is 258 g/mol. The SMILES string of the molecule is COCOc1ccc(/C=C/C(=O)N2CCOCC2)cc1. The van der Waals surface area contributed by atoms with Crippen LogP contribution in [0, 0.1) is 0 Å². The van der Waals surface area contributed by atoms with Crippen LogP contribution in [0.25, 0.3) is 6.08 Å². The molecule has 1 fully saturated rings. The summed E-state index contributed by atoms with van der Waals surface area (Å²) in [5.41, 5.74) is 0.955. The van der Waals surface area contributed by atoms with Gasteiger partial charge in [0.1, 0.15) is 5.75 Å². The van der Waals surface area contributed by atoms with Gasteiger partial charge in [-0.05, 0) is 23.8 Å². The topological polar surface area (TPSA) is 48.0 Å². The van der Waals surface area contributed by atoms with Crippen LogP contribution >= 0.6 is 0 Å². The Morgan fingerprint density at radius 2 is 2.00 bits per heavy atom. The van der Waals surface area contributed by atoms with E-state index >= 15 is 0 Å². The molecular formula is C15H19NO4. The minimum Gasteiger partial charge on any atom is -0.468 e. The lowest BCUT2D eigenvalue weighted by Gasteiger charge is -2.25. The van der Waals surface area contributed by atoms with Gasteiger partial charge >= 0.3 is 0 Å². The van der Waals surface area contributed by atoms with Gasteiger partial charge in [-0.1, -0.05) is 12.1 Å². The Morgan fingerprint density at radius 1 is 1.30 bits per heavy atom. The smallest absolute Gasteiger partial charge is 0.246 e. The Hall–Kier alpha value is -1.85. The highest BCUT2D eigenvalue weighted by molar-refractivity contribution is 5.91. The number of rotatable bonds is 5. The monoisotopic (exact) mass is 277 g/mol. The van der Waals surface area contributed by atoms with Crippen molar-refractivity contribution in [2.45, 2.75) is 0 Å². The lowest BCUT2D eigenvalue weighted by atomic mass is 10.2. The first-order chi connectivity index (χ1) is 9.79. The Morgan fingerprint density at radius 3 is 2.65 bits per heavy atom. The van der Waals surface area contributed by atoms with Crippen molar-refractivity contribution in [3.05, 3.63) is 35.9 Å². The molecule has 0 unspecified atom stereocenters. The average Bonchev–Trinajstić information content (AvgIpc) is 2.52. The van der Waals surface area contributed by atoms with Crippen LogP contribution in [-0.4, -0.2) is 51.0 Å². The zero-order valence-electron chi connectivity index (χ0n) is 11.6. The van der Waals surface area contributed by atoms with E-state index in [0.717, 1.165) is 11.3 Å². The summed E-state index contributed by atoms with van der Waals surface area (Å²) in [6, 6.07) is 7.48. The molecule has 108 valence electrons. The van der Waals surface area contributed by atoms with Gasteiger partial charge in [-0.3, -0.25) is 4.79 Å². The van der Waals surface area contributed by atoms with E-state index in [1.807, 2.05) is 24.3 Å². The Kier molecular flexibility index (Phi) is 5.58. The number of morpholine rings is 1. The normalized spacial score (nSPS) is 15.6. The minimum atomic E-state index is 0.0213. The molecule has 1 saturated heterocycles. The van der Waals surface area contributed by atoms with Crippen molar-refractivity contribution in [3.8, 4) is 5.75 Å². The number of benzene rings is 1. The third-order valence-corrected chi connectivity index (χ3v) is 2.96. The van der Waals surface area contributed by atoms with Gasteiger partial charge in [-0.25, -0.2) is 0 Å².